The van der Waals surface area contributed by atoms with E-state index in [0.29, 0.717) is 48.9 Å². The van der Waals surface area contributed by atoms with Crippen LogP contribution in [0.1, 0.15) is 115 Å². The zero-order chi connectivity index (χ0) is 33.6. The maximum absolute atomic E-state index is 13.5. The monoisotopic (exact) mass is 664 g/mol. The molecule has 1 saturated heterocycles. The third-order valence-corrected chi connectivity index (χ3v) is 17.2. The van der Waals surface area contributed by atoms with E-state index in [9.17, 15) is 23.1 Å². The SMILES string of the molecule is CC1(C)C(c2ccc(C(=O)O)cc2)=CC[C@@]2(C)C1CC[C@]1(C)C2CC[C@@H]2C3CCC[C@]3(NC(=O)CN3CCS(=O)(=O)CC3)CC[C@]21C. The molecule has 1 heterocycles. The lowest BCUT2D eigenvalue weighted by atomic mass is 9.33. The summed E-state index contributed by atoms with van der Waals surface area (Å²) >= 11 is 0. The number of nitrogens with one attached hydrogen (secondary N) is 1. The third-order valence-electron chi connectivity index (χ3n) is 15.6. The molecule has 0 aromatic heterocycles. The minimum Gasteiger partial charge on any atom is -0.478 e. The summed E-state index contributed by atoms with van der Waals surface area (Å²) in [6, 6.07) is 7.50. The van der Waals surface area contributed by atoms with E-state index in [1.807, 2.05) is 17.0 Å². The van der Waals surface area contributed by atoms with Crippen molar-refractivity contribution in [3.63, 3.8) is 0 Å². The molecule has 7 rings (SSSR count). The first-order valence-corrected chi connectivity index (χ1v) is 20.2. The van der Waals surface area contributed by atoms with E-state index < -0.39 is 15.8 Å². The van der Waals surface area contributed by atoms with Gasteiger partial charge < -0.3 is 10.4 Å². The van der Waals surface area contributed by atoms with Gasteiger partial charge in [-0.25, -0.2) is 13.2 Å². The van der Waals surface area contributed by atoms with Crippen LogP contribution in [0, 0.1) is 45.3 Å². The van der Waals surface area contributed by atoms with Crippen molar-refractivity contribution >= 4 is 27.3 Å². The second kappa shape index (κ2) is 11.2. The van der Waals surface area contributed by atoms with E-state index >= 15 is 0 Å². The molecular weight excluding hydrogens is 609 g/mol. The first kappa shape index (κ1) is 33.3. The second-order valence-corrected chi connectivity index (χ2v) is 20.0. The van der Waals surface area contributed by atoms with Crippen LogP contribution in [0.4, 0.5) is 0 Å². The Hall–Kier alpha value is -2.19. The zero-order valence-electron chi connectivity index (χ0n) is 29.2. The molecule has 1 aromatic rings. The Morgan fingerprint density at radius 3 is 2.23 bits per heavy atom. The van der Waals surface area contributed by atoms with E-state index in [-0.39, 0.29) is 44.6 Å². The number of benzene rings is 1. The molecule has 2 N–H and O–H groups in total. The molecule has 5 aliphatic carbocycles. The first-order chi connectivity index (χ1) is 22.0. The molecule has 4 saturated carbocycles. The number of carboxylic acid groups (broad SMARTS) is 1. The Balaban J connectivity index is 1.12. The van der Waals surface area contributed by atoms with Gasteiger partial charge in [0.05, 0.1) is 23.6 Å². The van der Waals surface area contributed by atoms with Crippen molar-refractivity contribution in [3.8, 4) is 0 Å². The number of carbonyl (C=O) groups is 2. The van der Waals surface area contributed by atoms with Crippen LogP contribution in [-0.2, 0) is 14.6 Å². The molecule has 0 bridgehead atoms. The van der Waals surface area contributed by atoms with Gasteiger partial charge in [0.15, 0.2) is 9.84 Å². The Morgan fingerprint density at radius 1 is 0.851 bits per heavy atom. The van der Waals surface area contributed by atoms with Crippen LogP contribution in [0.15, 0.2) is 30.3 Å². The highest BCUT2D eigenvalue weighted by Gasteiger charge is 2.69. The van der Waals surface area contributed by atoms with Gasteiger partial charge in [-0.2, -0.15) is 0 Å². The summed E-state index contributed by atoms with van der Waals surface area (Å²) in [5, 5.41) is 13.1. The van der Waals surface area contributed by atoms with Gasteiger partial charge >= 0.3 is 5.97 Å². The Kier molecular flexibility index (Phi) is 7.91. The van der Waals surface area contributed by atoms with E-state index in [1.54, 1.807) is 12.1 Å². The van der Waals surface area contributed by atoms with Gasteiger partial charge in [-0.15, -0.1) is 0 Å². The van der Waals surface area contributed by atoms with Crippen LogP contribution in [0.3, 0.4) is 0 Å². The number of aromatic carboxylic acids is 1. The number of allylic oxidation sites excluding steroid dienone is 2. The van der Waals surface area contributed by atoms with Crippen molar-refractivity contribution in [2.24, 2.45) is 45.3 Å². The summed E-state index contributed by atoms with van der Waals surface area (Å²) in [5.74, 6) is 1.83. The quantitative estimate of drug-likeness (QED) is 0.358. The van der Waals surface area contributed by atoms with E-state index in [0.717, 1.165) is 31.2 Å². The highest BCUT2D eigenvalue weighted by molar-refractivity contribution is 7.91. The van der Waals surface area contributed by atoms with Gasteiger partial charge in [0.2, 0.25) is 5.91 Å². The fourth-order valence-electron chi connectivity index (χ4n) is 13.1. The van der Waals surface area contributed by atoms with Gasteiger partial charge in [0, 0.05) is 18.6 Å². The Labute approximate surface area is 282 Å². The average molecular weight is 665 g/mol. The number of hydrogen-bond acceptors (Lipinski definition) is 5. The summed E-state index contributed by atoms with van der Waals surface area (Å²) in [5.41, 5.74) is 3.41. The lowest BCUT2D eigenvalue weighted by Gasteiger charge is -2.72. The van der Waals surface area contributed by atoms with Crippen LogP contribution in [0.5, 0.6) is 0 Å². The standard InChI is InChI=1S/C39H56N2O5S/c1-35(2)28(26-8-10-27(11-9-26)34(43)44)14-17-36(3)31(35)15-18-38(5)32(36)13-12-29-30-7-6-16-39(30,20-19-37(29,38)4)40-33(42)25-41-21-23-47(45,46)24-22-41/h8-11,14,29-32H,6-7,12-13,15-25H2,1-5H3,(H,40,42)(H,43,44)/t29-,30?,31?,32?,36+,37-,38-,39+/m1/s1. The Morgan fingerprint density at radius 2 is 1.55 bits per heavy atom. The maximum Gasteiger partial charge on any atom is 0.335 e. The number of rotatable bonds is 5. The third kappa shape index (κ3) is 5.08. The van der Waals surface area contributed by atoms with Crippen molar-refractivity contribution in [2.75, 3.05) is 31.1 Å². The van der Waals surface area contributed by atoms with Crippen molar-refractivity contribution < 1.29 is 23.1 Å². The number of sulfone groups is 1. The van der Waals surface area contributed by atoms with Gasteiger partial charge in [-0.05, 0) is 126 Å². The molecule has 258 valence electrons. The van der Waals surface area contributed by atoms with Gasteiger partial charge in [-0.1, -0.05) is 59.2 Å². The molecule has 8 heteroatoms. The van der Waals surface area contributed by atoms with Crippen LogP contribution < -0.4 is 5.32 Å². The molecule has 1 aliphatic heterocycles. The predicted octanol–water partition coefficient (Wildman–Crippen LogP) is 6.83. The smallest absolute Gasteiger partial charge is 0.335 e. The minimum absolute atomic E-state index is 0.00712. The number of hydrogen-bond donors (Lipinski definition) is 2. The Bertz CT molecular complexity index is 1570. The average Bonchev–Trinajstić information content (AvgIpc) is 3.42. The first-order valence-electron chi connectivity index (χ1n) is 18.3. The van der Waals surface area contributed by atoms with Crippen molar-refractivity contribution in [1.82, 2.24) is 10.2 Å². The molecule has 6 aliphatic rings. The van der Waals surface area contributed by atoms with Crippen LogP contribution in [-0.4, -0.2) is 67.0 Å². The number of nitrogens with zero attached hydrogens (tertiary/aromatic N) is 1. The zero-order valence-corrected chi connectivity index (χ0v) is 30.1. The molecule has 1 amide bonds. The lowest BCUT2D eigenvalue weighted by molar-refractivity contribution is -0.217. The molecule has 47 heavy (non-hydrogen) atoms. The summed E-state index contributed by atoms with van der Waals surface area (Å²) in [4.78, 5) is 27.0. The summed E-state index contributed by atoms with van der Waals surface area (Å²) in [6.45, 7) is 14.0. The lowest BCUT2D eigenvalue weighted by Crippen LogP contribution is -2.68. The fourth-order valence-corrected chi connectivity index (χ4v) is 14.4. The van der Waals surface area contributed by atoms with Gasteiger partial charge in [0.25, 0.3) is 0 Å². The fraction of sp³-hybridized carbons (Fsp3) is 0.744. The molecule has 0 radical (unpaired) electrons. The van der Waals surface area contributed by atoms with E-state index in [4.69, 9.17) is 0 Å². The topological polar surface area (TPSA) is 104 Å². The largest absolute Gasteiger partial charge is 0.478 e. The molecule has 3 unspecified atom stereocenters. The van der Waals surface area contributed by atoms with Crippen molar-refractivity contribution in [2.45, 2.75) is 104 Å². The highest BCUT2D eigenvalue weighted by Crippen LogP contribution is 2.76. The predicted molar refractivity (Wildman–Crippen MR) is 186 cm³/mol. The normalized spacial score (nSPS) is 42.2. The summed E-state index contributed by atoms with van der Waals surface area (Å²) in [7, 11) is -2.96. The number of fused-ring (bicyclic) bond motifs is 7. The number of amides is 1. The molecule has 8 atom stereocenters. The summed E-state index contributed by atoms with van der Waals surface area (Å²) in [6.07, 6.45) is 14.2. The van der Waals surface area contributed by atoms with Gasteiger partial charge in [0.1, 0.15) is 0 Å². The van der Waals surface area contributed by atoms with Crippen LogP contribution in [0.2, 0.25) is 0 Å². The van der Waals surface area contributed by atoms with Crippen molar-refractivity contribution in [3.05, 3.63) is 41.5 Å². The van der Waals surface area contributed by atoms with Crippen LogP contribution in [0.25, 0.3) is 5.57 Å². The maximum atomic E-state index is 13.5. The number of carbonyl (C=O) groups excluding carboxylic acids is 1. The molecule has 0 spiro atoms. The highest BCUT2D eigenvalue weighted by atomic mass is 32.2. The molecular formula is C39H56N2O5S. The molecule has 7 nitrogen and oxygen atoms in total. The van der Waals surface area contributed by atoms with E-state index in [1.165, 1.54) is 44.1 Å². The van der Waals surface area contributed by atoms with Crippen LogP contribution >= 0.6 is 0 Å². The molecule has 5 fully saturated rings. The van der Waals surface area contributed by atoms with Crippen molar-refractivity contribution in [1.29, 1.82) is 0 Å². The minimum atomic E-state index is -2.96. The van der Waals surface area contributed by atoms with Gasteiger partial charge in [-0.3, -0.25) is 9.69 Å². The molecule has 1 aromatic carbocycles. The second-order valence-electron chi connectivity index (χ2n) is 17.7. The van der Waals surface area contributed by atoms with E-state index in [2.05, 4.69) is 46.0 Å². The number of carboxylic acids is 1. The summed E-state index contributed by atoms with van der Waals surface area (Å²) < 4.78 is 23.8.